The van der Waals surface area contributed by atoms with Gasteiger partial charge in [-0.2, -0.15) is 0 Å². The molecule has 0 bridgehead atoms. The Kier molecular flexibility index (Phi) is 4.11. The van der Waals surface area contributed by atoms with Crippen LogP contribution in [0.1, 0.15) is 39.5 Å². The van der Waals surface area contributed by atoms with Gasteiger partial charge in [-0.1, -0.05) is 6.42 Å². The Morgan fingerprint density at radius 2 is 2.13 bits per heavy atom. The highest BCUT2D eigenvalue weighted by Gasteiger charge is 2.43. The Morgan fingerprint density at radius 1 is 1.53 bits per heavy atom. The average Bonchev–Trinajstić information content (AvgIpc) is 2.00. The SMILES string of the molecule is CC(O)CC(C)NC(=O)C1(CN)CCC1. The van der Waals surface area contributed by atoms with Crippen molar-refractivity contribution in [3.05, 3.63) is 0 Å². The van der Waals surface area contributed by atoms with Crippen molar-refractivity contribution in [2.75, 3.05) is 6.54 Å². The van der Waals surface area contributed by atoms with Crippen molar-refractivity contribution < 1.29 is 9.90 Å². The molecule has 1 amide bonds. The minimum atomic E-state index is -0.379. The first kappa shape index (κ1) is 12.5. The van der Waals surface area contributed by atoms with E-state index in [2.05, 4.69) is 5.32 Å². The molecule has 0 aromatic rings. The van der Waals surface area contributed by atoms with E-state index in [0.717, 1.165) is 19.3 Å². The molecule has 2 atom stereocenters. The molecule has 4 heteroatoms. The number of hydrogen-bond acceptors (Lipinski definition) is 3. The van der Waals surface area contributed by atoms with Gasteiger partial charge in [0.1, 0.15) is 0 Å². The molecule has 1 aliphatic carbocycles. The lowest BCUT2D eigenvalue weighted by atomic mass is 9.68. The number of amides is 1. The highest BCUT2D eigenvalue weighted by Crippen LogP contribution is 2.40. The second-order valence-corrected chi connectivity index (χ2v) is 4.80. The number of carbonyl (C=O) groups excluding carboxylic acids is 1. The number of carbonyl (C=O) groups is 1. The lowest BCUT2D eigenvalue weighted by Crippen LogP contribution is -2.52. The summed E-state index contributed by atoms with van der Waals surface area (Å²) in [7, 11) is 0. The molecule has 0 radical (unpaired) electrons. The van der Waals surface area contributed by atoms with Crippen LogP contribution in [0.15, 0.2) is 0 Å². The normalized spacial score (nSPS) is 22.7. The summed E-state index contributed by atoms with van der Waals surface area (Å²) in [5.74, 6) is 0.0596. The lowest BCUT2D eigenvalue weighted by Gasteiger charge is -2.40. The molecule has 0 heterocycles. The minimum Gasteiger partial charge on any atom is -0.393 e. The van der Waals surface area contributed by atoms with Gasteiger partial charge in [-0.3, -0.25) is 4.79 Å². The molecule has 0 spiro atoms. The summed E-state index contributed by atoms with van der Waals surface area (Å²) in [5, 5.41) is 12.1. The zero-order valence-electron chi connectivity index (χ0n) is 9.62. The number of aliphatic hydroxyl groups excluding tert-OH is 1. The van der Waals surface area contributed by atoms with Gasteiger partial charge in [0.2, 0.25) is 5.91 Å². The van der Waals surface area contributed by atoms with Gasteiger partial charge in [0.15, 0.2) is 0 Å². The van der Waals surface area contributed by atoms with E-state index in [9.17, 15) is 9.90 Å². The van der Waals surface area contributed by atoms with E-state index in [0.29, 0.717) is 13.0 Å². The quantitative estimate of drug-likeness (QED) is 0.619. The smallest absolute Gasteiger partial charge is 0.227 e. The van der Waals surface area contributed by atoms with Gasteiger partial charge >= 0.3 is 0 Å². The first-order valence-corrected chi connectivity index (χ1v) is 5.69. The van der Waals surface area contributed by atoms with Gasteiger partial charge in [-0.15, -0.1) is 0 Å². The van der Waals surface area contributed by atoms with Crippen LogP contribution in [0.4, 0.5) is 0 Å². The van der Waals surface area contributed by atoms with Crippen molar-refractivity contribution >= 4 is 5.91 Å². The molecule has 0 aromatic carbocycles. The van der Waals surface area contributed by atoms with Gasteiger partial charge in [0.05, 0.1) is 11.5 Å². The molecule has 88 valence electrons. The zero-order valence-corrected chi connectivity index (χ0v) is 9.62. The molecule has 0 aliphatic heterocycles. The summed E-state index contributed by atoms with van der Waals surface area (Å²) < 4.78 is 0. The second-order valence-electron chi connectivity index (χ2n) is 4.80. The van der Waals surface area contributed by atoms with Crippen LogP contribution in [-0.2, 0) is 4.79 Å². The average molecular weight is 214 g/mol. The third kappa shape index (κ3) is 2.92. The van der Waals surface area contributed by atoms with Crippen molar-refractivity contribution in [2.24, 2.45) is 11.1 Å². The van der Waals surface area contributed by atoms with Crippen LogP contribution in [0, 0.1) is 5.41 Å². The van der Waals surface area contributed by atoms with Crippen LogP contribution in [0.2, 0.25) is 0 Å². The molecule has 1 aliphatic rings. The minimum absolute atomic E-state index is 0.0153. The maximum absolute atomic E-state index is 11.9. The van der Waals surface area contributed by atoms with Crippen molar-refractivity contribution in [2.45, 2.75) is 51.7 Å². The topological polar surface area (TPSA) is 75.3 Å². The van der Waals surface area contributed by atoms with E-state index in [1.54, 1.807) is 6.92 Å². The van der Waals surface area contributed by atoms with Gasteiger partial charge in [0, 0.05) is 12.6 Å². The zero-order chi connectivity index (χ0) is 11.5. The first-order chi connectivity index (χ1) is 7.00. The Balaban J connectivity index is 2.40. The Morgan fingerprint density at radius 3 is 2.47 bits per heavy atom. The monoisotopic (exact) mass is 214 g/mol. The first-order valence-electron chi connectivity index (χ1n) is 5.69. The van der Waals surface area contributed by atoms with E-state index in [-0.39, 0.29) is 23.5 Å². The fraction of sp³-hybridized carbons (Fsp3) is 0.909. The predicted molar refractivity (Wildman–Crippen MR) is 59.2 cm³/mol. The van der Waals surface area contributed by atoms with Crippen LogP contribution >= 0.6 is 0 Å². The molecule has 1 fully saturated rings. The number of aliphatic hydroxyl groups is 1. The van der Waals surface area contributed by atoms with E-state index >= 15 is 0 Å². The molecular weight excluding hydrogens is 192 g/mol. The Bertz CT molecular complexity index is 219. The number of hydrogen-bond donors (Lipinski definition) is 3. The van der Waals surface area contributed by atoms with Crippen LogP contribution in [0.25, 0.3) is 0 Å². The van der Waals surface area contributed by atoms with Crippen LogP contribution in [-0.4, -0.2) is 29.7 Å². The molecule has 0 saturated heterocycles. The van der Waals surface area contributed by atoms with E-state index in [4.69, 9.17) is 5.73 Å². The second kappa shape index (κ2) is 4.94. The molecule has 4 N–H and O–H groups in total. The van der Waals surface area contributed by atoms with Crippen LogP contribution in [0.3, 0.4) is 0 Å². The standard InChI is InChI=1S/C11H22N2O2/c1-8(6-9(2)14)13-10(15)11(7-12)4-3-5-11/h8-9,14H,3-7,12H2,1-2H3,(H,13,15). The summed E-state index contributed by atoms with van der Waals surface area (Å²) in [6, 6.07) is 0.0153. The van der Waals surface area contributed by atoms with Crippen molar-refractivity contribution in [1.82, 2.24) is 5.32 Å². The Labute approximate surface area is 91.2 Å². The van der Waals surface area contributed by atoms with Crippen LogP contribution in [0.5, 0.6) is 0 Å². The molecule has 1 rings (SSSR count). The molecule has 0 aromatic heterocycles. The van der Waals surface area contributed by atoms with Crippen LogP contribution < -0.4 is 11.1 Å². The third-order valence-electron chi connectivity index (χ3n) is 3.26. The Hall–Kier alpha value is -0.610. The summed E-state index contributed by atoms with van der Waals surface area (Å²) in [6.07, 6.45) is 3.10. The van der Waals surface area contributed by atoms with Gasteiger partial charge in [-0.05, 0) is 33.1 Å². The number of rotatable bonds is 5. The maximum atomic E-state index is 11.9. The fourth-order valence-electron chi connectivity index (χ4n) is 2.07. The summed E-state index contributed by atoms with van der Waals surface area (Å²) in [6.45, 7) is 4.07. The largest absolute Gasteiger partial charge is 0.393 e. The molecule has 15 heavy (non-hydrogen) atoms. The molecule has 1 saturated carbocycles. The predicted octanol–water partition coefficient (Wildman–Crippen LogP) is 0.391. The fourth-order valence-corrected chi connectivity index (χ4v) is 2.07. The van der Waals surface area contributed by atoms with Gasteiger partial charge in [-0.25, -0.2) is 0 Å². The number of nitrogens with one attached hydrogen (secondary N) is 1. The highest BCUT2D eigenvalue weighted by molar-refractivity contribution is 5.84. The molecule has 2 unspecified atom stereocenters. The molecular formula is C11H22N2O2. The summed E-state index contributed by atoms with van der Waals surface area (Å²) in [4.78, 5) is 11.9. The lowest BCUT2D eigenvalue weighted by molar-refractivity contribution is -0.136. The van der Waals surface area contributed by atoms with Gasteiger partial charge in [0.25, 0.3) is 0 Å². The summed E-state index contributed by atoms with van der Waals surface area (Å²) >= 11 is 0. The van der Waals surface area contributed by atoms with E-state index < -0.39 is 0 Å². The highest BCUT2D eigenvalue weighted by atomic mass is 16.3. The van der Waals surface area contributed by atoms with E-state index in [1.807, 2.05) is 6.92 Å². The third-order valence-corrected chi connectivity index (χ3v) is 3.26. The van der Waals surface area contributed by atoms with Crippen molar-refractivity contribution in [1.29, 1.82) is 0 Å². The summed E-state index contributed by atoms with van der Waals surface area (Å²) in [5.41, 5.74) is 5.32. The van der Waals surface area contributed by atoms with E-state index in [1.165, 1.54) is 0 Å². The maximum Gasteiger partial charge on any atom is 0.227 e. The van der Waals surface area contributed by atoms with Crippen molar-refractivity contribution in [3.63, 3.8) is 0 Å². The molecule has 4 nitrogen and oxygen atoms in total. The van der Waals surface area contributed by atoms with Crippen molar-refractivity contribution in [3.8, 4) is 0 Å². The number of nitrogens with two attached hydrogens (primary N) is 1. The van der Waals surface area contributed by atoms with Gasteiger partial charge < -0.3 is 16.2 Å².